The summed E-state index contributed by atoms with van der Waals surface area (Å²) in [5.41, 5.74) is 5.43. The standard InChI is InChI=1S/C13H20N4O/c1-2-18-13-5-3-4-12(16-13)17(10-6-7-10)9-8-11(14)15/h3-5,10H,2,6-9H2,1H3,(H3,14,15). The van der Waals surface area contributed by atoms with Gasteiger partial charge < -0.3 is 15.4 Å². The molecule has 3 N–H and O–H groups in total. The molecule has 0 aromatic carbocycles. The minimum atomic E-state index is 0.224. The van der Waals surface area contributed by atoms with Gasteiger partial charge in [-0.15, -0.1) is 0 Å². The molecule has 18 heavy (non-hydrogen) atoms. The van der Waals surface area contributed by atoms with E-state index in [9.17, 15) is 0 Å². The number of hydrogen-bond donors (Lipinski definition) is 2. The van der Waals surface area contributed by atoms with E-state index in [1.165, 1.54) is 12.8 Å². The van der Waals surface area contributed by atoms with Crippen LogP contribution in [0.25, 0.3) is 0 Å². The van der Waals surface area contributed by atoms with Gasteiger partial charge in [-0.2, -0.15) is 4.98 Å². The van der Waals surface area contributed by atoms with E-state index in [0.717, 1.165) is 12.4 Å². The van der Waals surface area contributed by atoms with Gasteiger partial charge >= 0.3 is 0 Å². The van der Waals surface area contributed by atoms with Gasteiger partial charge in [0.15, 0.2) is 0 Å². The molecule has 1 saturated carbocycles. The van der Waals surface area contributed by atoms with Crippen LogP contribution in [0.4, 0.5) is 5.82 Å². The molecule has 0 amide bonds. The van der Waals surface area contributed by atoms with Gasteiger partial charge in [0.1, 0.15) is 5.82 Å². The van der Waals surface area contributed by atoms with E-state index >= 15 is 0 Å². The number of hydrogen-bond acceptors (Lipinski definition) is 4. The van der Waals surface area contributed by atoms with E-state index in [1.54, 1.807) is 0 Å². The van der Waals surface area contributed by atoms with Gasteiger partial charge in [0, 0.05) is 25.1 Å². The van der Waals surface area contributed by atoms with E-state index < -0.39 is 0 Å². The molecule has 0 aliphatic heterocycles. The topological polar surface area (TPSA) is 75.2 Å². The van der Waals surface area contributed by atoms with Gasteiger partial charge in [-0.05, 0) is 25.8 Å². The van der Waals surface area contributed by atoms with Crippen molar-refractivity contribution in [3.05, 3.63) is 18.2 Å². The van der Waals surface area contributed by atoms with Gasteiger partial charge in [0.2, 0.25) is 5.88 Å². The first-order chi connectivity index (χ1) is 8.70. The highest BCUT2D eigenvalue weighted by Gasteiger charge is 2.29. The van der Waals surface area contributed by atoms with Crippen LogP contribution in [0.2, 0.25) is 0 Å². The number of rotatable bonds is 7. The molecular weight excluding hydrogens is 228 g/mol. The highest BCUT2D eigenvalue weighted by atomic mass is 16.5. The second-order valence-electron chi connectivity index (χ2n) is 4.47. The second-order valence-corrected chi connectivity index (χ2v) is 4.47. The Kier molecular flexibility index (Phi) is 4.02. The van der Waals surface area contributed by atoms with Crippen molar-refractivity contribution in [1.29, 1.82) is 5.41 Å². The van der Waals surface area contributed by atoms with Gasteiger partial charge in [-0.25, -0.2) is 0 Å². The molecule has 1 heterocycles. The lowest BCUT2D eigenvalue weighted by Crippen LogP contribution is -2.30. The summed E-state index contributed by atoms with van der Waals surface area (Å²) in [7, 11) is 0. The summed E-state index contributed by atoms with van der Waals surface area (Å²) in [6.45, 7) is 3.32. The van der Waals surface area contributed by atoms with Crippen molar-refractivity contribution in [3.63, 3.8) is 0 Å². The molecule has 1 fully saturated rings. The molecule has 0 atom stereocenters. The smallest absolute Gasteiger partial charge is 0.215 e. The number of anilines is 1. The molecule has 0 radical (unpaired) electrons. The molecule has 5 heteroatoms. The zero-order valence-corrected chi connectivity index (χ0v) is 10.7. The molecular formula is C13H20N4O. The molecule has 5 nitrogen and oxygen atoms in total. The molecule has 0 unspecified atom stereocenters. The summed E-state index contributed by atoms with van der Waals surface area (Å²) in [4.78, 5) is 6.72. The zero-order chi connectivity index (χ0) is 13.0. The Hall–Kier alpha value is -1.78. The Morgan fingerprint density at radius 1 is 1.56 bits per heavy atom. The summed E-state index contributed by atoms with van der Waals surface area (Å²) < 4.78 is 5.42. The van der Waals surface area contributed by atoms with Gasteiger partial charge in [-0.3, -0.25) is 5.41 Å². The third kappa shape index (κ3) is 3.35. The maximum Gasteiger partial charge on any atom is 0.215 e. The van der Waals surface area contributed by atoms with Crippen LogP contribution in [0.5, 0.6) is 5.88 Å². The first-order valence-electron chi connectivity index (χ1n) is 6.40. The van der Waals surface area contributed by atoms with Gasteiger partial charge in [0.05, 0.1) is 12.4 Å². The van der Waals surface area contributed by atoms with E-state index in [1.807, 2.05) is 25.1 Å². The number of nitrogens with two attached hydrogens (primary N) is 1. The highest BCUT2D eigenvalue weighted by molar-refractivity contribution is 5.77. The zero-order valence-electron chi connectivity index (χ0n) is 10.7. The van der Waals surface area contributed by atoms with Gasteiger partial charge in [-0.1, -0.05) is 6.07 Å². The van der Waals surface area contributed by atoms with Crippen LogP contribution in [0.15, 0.2) is 18.2 Å². The fourth-order valence-corrected chi connectivity index (χ4v) is 1.90. The van der Waals surface area contributed by atoms with E-state index in [0.29, 0.717) is 24.9 Å². The second kappa shape index (κ2) is 5.71. The molecule has 98 valence electrons. The van der Waals surface area contributed by atoms with Crippen LogP contribution < -0.4 is 15.4 Å². The van der Waals surface area contributed by atoms with Crippen LogP contribution in [-0.4, -0.2) is 30.0 Å². The normalized spacial score (nSPS) is 14.3. The average molecular weight is 248 g/mol. The Bertz CT molecular complexity index is 417. The fraction of sp³-hybridized carbons (Fsp3) is 0.538. The van der Waals surface area contributed by atoms with E-state index in [-0.39, 0.29) is 5.84 Å². The van der Waals surface area contributed by atoms with Crippen LogP contribution in [0, 0.1) is 5.41 Å². The predicted octanol–water partition coefficient (Wildman–Crippen LogP) is 1.78. The maximum absolute atomic E-state index is 7.33. The van der Waals surface area contributed by atoms with Crippen LogP contribution >= 0.6 is 0 Å². The minimum absolute atomic E-state index is 0.224. The fourth-order valence-electron chi connectivity index (χ4n) is 1.90. The first kappa shape index (κ1) is 12.7. The minimum Gasteiger partial charge on any atom is -0.478 e. The summed E-state index contributed by atoms with van der Waals surface area (Å²) in [6.07, 6.45) is 2.97. The van der Waals surface area contributed by atoms with Crippen LogP contribution in [0.3, 0.4) is 0 Å². The highest BCUT2D eigenvalue weighted by Crippen LogP contribution is 2.31. The van der Waals surface area contributed by atoms with Crippen molar-refractivity contribution in [2.24, 2.45) is 5.73 Å². The molecule has 0 bridgehead atoms. The van der Waals surface area contributed by atoms with Crippen molar-refractivity contribution < 1.29 is 4.74 Å². The number of amidine groups is 1. The van der Waals surface area contributed by atoms with Crippen molar-refractivity contribution in [3.8, 4) is 5.88 Å². The Morgan fingerprint density at radius 2 is 2.33 bits per heavy atom. The number of nitrogens with one attached hydrogen (secondary N) is 1. The van der Waals surface area contributed by atoms with Crippen LogP contribution in [-0.2, 0) is 0 Å². The Morgan fingerprint density at radius 3 is 2.94 bits per heavy atom. The molecule has 1 aliphatic rings. The third-order valence-electron chi connectivity index (χ3n) is 2.91. The average Bonchev–Trinajstić information content (AvgIpc) is 3.14. The lowest BCUT2D eigenvalue weighted by molar-refractivity contribution is 0.327. The van der Waals surface area contributed by atoms with E-state index in [2.05, 4.69) is 9.88 Å². The summed E-state index contributed by atoms with van der Waals surface area (Å²) in [6, 6.07) is 6.36. The first-order valence-corrected chi connectivity index (χ1v) is 6.40. The monoisotopic (exact) mass is 248 g/mol. The van der Waals surface area contributed by atoms with Crippen molar-refractivity contribution >= 4 is 11.7 Å². The predicted molar refractivity (Wildman–Crippen MR) is 72.3 cm³/mol. The van der Waals surface area contributed by atoms with Crippen LogP contribution in [0.1, 0.15) is 26.2 Å². The summed E-state index contributed by atoms with van der Waals surface area (Å²) >= 11 is 0. The third-order valence-corrected chi connectivity index (χ3v) is 2.91. The number of pyridine rings is 1. The lowest BCUT2D eigenvalue weighted by Gasteiger charge is -2.23. The lowest BCUT2D eigenvalue weighted by atomic mass is 10.3. The molecule has 2 rings (SSSR count). The Balaban J connectivity index is 2.09. The Labute approximate surface area is 107 Å². The number of ether oxygens (including phenoxy) is 1. The van der Waals surface area contributed by atoms with E-state index in [4.69, 9.17) is 15.9 Å². The van der Waals surface area contributed by atoms with Crippen molar-refractivity contribution in [2.45, 2.75) is 32.2 Å². The maximum atomic E-state index is 7.33. The SMILES string of the molecule is CCOc1cccc(N(CCC(=N)N)C2CC2)n1. The quantitative estimate of drug-likeness (QED) is 0.569. The number of aromatic nitrogens is 1. The molecule has 1 aromatic heterocycles. The molecule has 0 spiro atoms. The molecule has 1 aliphatic carbocycles. The molecule has 1 aromatic rings. The van der Waals surface area contributed by atoms with Crippen molar-refractivity contribution in [2.75, 3.05) is 18.1 Å². The van der Waals surface area contributed by atoms with Gasteiger partial charge in [0.25, 0.3) is 0 Å². The number of nitrogens with zero attached hydrogens (tertiary/aromatic N) is 2. The van der Waals surface area contributed by atoms with Crippen molar-refractivity contribution in [1.82, 2.24) is 4.98 Å². The largest absolute Gasteiger partial charge is 0.478 e. The molecule has 0 saturated heterocycles. The summed E-state index contributed by atoms with van der Waals surface area (Å²) in [5, 5.41) is 7.33. The summed E-state index contributed by atoms with van der Waals surface area (Å²) in [5.74, 6) is 1.80.